The van der Waals surface area contributed by atoms with Crippen molar-refractivity contribution in [1.29, 1.82) is 5.26 Å². The van der Waals surface area contributed by atoms with Crippen LogP contribution in [0.25, 0.3) is 0 Å². The van der Waals surface area contributed by atoms with Crippen LogP contribution in [0.5, 0.6) is 0 Å². The summed E-state index contributed by atoms with van der Waals surface area (Å²) < 4.78 is 26.3. The van der Waals surface area contributed by atoms with E-state index in [0.29, 0.717) is 12.1 Å². The molecule has 0 unspecified atom stereocenters. The number of hydrogen-bond donors (Lipinski definition) is 1. The van der Waals surface area contributed by atoms with Crippen molar-refractivity contribution in [3.63, 3.8) is 0 Å². The first kappa shape index (κ1) is 14.5. The smallest absolute Gasteiger partial charge is 0.233 e. The van der Waals surface area contributed by atoms with E-state index >= 15 is 0 Å². The lowest BCUT2D eigenvalue weighted by atomic mass is 10.0. The lowest BCUT2D eigenvalue weighted by Crippen LogP contribution is -2.26. The van der Waals surface area contributed by atoms with Crippen LogP contribution >= 0.6 is 0 Å². The SMILES string of the molecule is CC(C)(C)CS(=O)(=O)Nc1ccc(CC#N)cc1. The standard InChI is InChI=1S/C13H18N2O2S/c1-13(2,3)10-18(16,17)15-12-6-4-11(5-7-12)8-9-14/h4-7,15H,8,10H2,1-3H3. The topological polar surface area (TPSA) is 70.0 Å². The molecule has 4 nitrogen and oxygen atoms in total. The van der Waals surface area contributed by atoms with Gasteiger partial charge in [-0.25, -0.2) is 8.42 Å². The highest BCUT2D eigenvalue weighted by molar-refractivity contribution is 7.92. The molecule has 0 fully saturated rings. The quantitative estimate of drug-likeness (QED) is 0.910. The number of benzene rings is 1. The molecule has 0 amide bonds. The van der Waals surface area contributed by atoms with E-state index in [1.807, 2.05) is 26.8 Å². The molecule has 0 aliphatic rings. The average molecular weight is 266 g/mol. The van der Waals surface area contributed by atoms with Crippen LogP contribution in [0.2, 0.25) is 0 Å². The molecule has 98 valence electrons. The zero-order chi connectivity index (χ0) is 13.8. The van der Waals surface area contributed by atoms with Gasteiger partial charge in [0.25, 0.3) is 0 Å². The van der Waals surface area contributed by atoms with E-state index in [-0.39, 0.29) is 11.2 Å². The van der Waals surface area contributed by atoms with E-state index in [9.17, 15) is 8.42 Å². The highest BCUT2D eigenvalue weighted by Gasteiger charge is 2.21. The van der Waals surface area contributed by atoms with Gasteiger partial charge in [-0.3, -0.25) is 4.72 Å². The monoisotopic (exact) mass is 266 g/mol. The lowest BCUT2D eigenvalue weighted by Gasteiger charge is -2.18. The number of nitrogens with one attached hydrogen (secondary N) is 1. The zero-order valence-corrected chi connectivity index (χ0v) is 11.7. The number of hydrogen-bond acceptors (Lipinski definition) is 3. The maximum atomic E-state index is 11.9. The van der Waals surface area contributed by atoms with E-state index in [0.717, 1.165) is 5.56 Å². The summed E-state index contributed by atoms with van der Waals surface area (Å²) in [6.07, 6.45) is 0.328. The molecule has 1 aromatic carbocycles. The van der Waals surface area contributed by atoms with Gasteiger partial charge in [-0.05, 0) is 23.1 Å². The van der Waals surface area contributed by atoms with Crippen LogP contribution in [-0.4, -0.2) is 14.2 Å². The van der Waals surface area contributed by atoms with Crippen molar-refractivity contribution in [3.05, 3.63) is 29.8 Å². The van der Waals surface area contributed by atoms with E-state index in [2.05, 4.69) is 4.72 Å². The second-order valence-corrected chi connectivity index (χ2v) is 7.18. The van der Waals surface area contributed by atoms with E-state index in [4.69, 9.17) is 5.26 Å². The molecule has 0 heterocycles. The fourth-order valence-corrected chi connectivity index (χ4v) is 3.28. The Kier molecular flexibility index (Phi) is 4.36. The normalized spacial score (nSPS) is 11.9. The number of nitrogens with zero attached hydrogens (tertiary/aromatic N) is 1. The molecule has 1 rings (SSSR count). The highest BCUT2D eigenvalue weighted by atomic mass is 32.2. The average Bonchev–Trinajstić information content (AvgIpc) is 2.17. The minimum Gasteiger partial charge on any atom is -0.284 e. The Morgan fingerprint density at radius 1 is 1.22 bits per heavy atom. The summed E-state index contributed by atoms with van der Waals surface area (Å²) in [7, 11) is -3.33. The lowest BCUT2D eigenvalue weighted by molar-refractivity contribution is 0.463. The van der Waals surface area contributed by atoms with Crippen molar-refractivity contribution in [2.24, 2.45) is 5.41 Å². The van der Waals surface area contributed by atoms with Gasteiger partial charge in [0.1, 0.15) is 0 Å². The third-order valence-corrected chi connectivity index (χ3v) is 3.93. The second kappa shape index (κ2) is 5.40. The Bertz CT molecular complexity index is 534. The fourth-order valence-electron chi connectivity index (χ4n) is 1.57. The zero-order valence-electron chi connectivity index (χ0n) is 10.9. The third-order valence-electron chi connectivity index (χ3n) is 2.13. The molecular weight excluding hydrogens is 248 g/mol. The van der Waals surface area contributed by atoms with Gasteiger partial charge in [-0.2, -0.15) is 5.26 Å². The maximum absolute atomic E-state index is 11.9. The first-order valence-corrected chi connectivity index (χ1v) is 7.33. The summed E-state index contributed by atoms with van der Waals surface area (Å²) in [5.74, 6) is 0.0694. The van der Waals surface area contributed by atoms with Crippen molar-refractivity contribution in [1.82, 2.24) is 0 Å². The van der Waals surface area contributed by atoms with Crippen LogP contribution in [-0.2, 0) is 16.4 Å². The summed E-state index contributed by atoms with van der Waals surface area (Å²) >= 11 is 0. The molecule has 5 heteroatoms. The minimum absolute atomic E-state index is 0.0694. The third kappa shape index (κ3) is 5.19. The molecular formula is C13H18N2O2S. The van der Waals surface area contributed by atoms with Gasteiger partial charge in [0.05, 0.1) is 18.2 Å². The first-order chi connectivity index (χ1) is 8.22. The Morgan fingerprint density at radius 2 is 1.78 bits per heavy atom. The van der Waals surface area contributed by atoms with Crippen molar-refractivity contribution >= 4 is 15.7 Å². The van der Waals surface area contributed by atoms with Crippen molar-refractivity contribution in [2.75, 3.05) is 10.5 Å². The Labute approximate surface area is 109 Å². The van der Waals surface area contributed by atoms with E-state index in [1.54, 1.807) is 24.3 Å². The molecule has 0 aliphatic heterocycles. The van der Waals surface area contributed by atoms with Gasteiger partial charge in [0.15, 0.2) is 0 Å². The van der Waals surface area contributed by atoms with Gasteiger partial charge in [0, 0.05) is 5.69 Å². The Hall–Kier alpha value is -1.54. The largest absolute Gasteiger partial charge is 0.284 e. The predicted octanol–water partition coefficient (Wildman–Crippen LogP) is 2.54. The van der Waals surface area contributed by atoms with E-state index in [1.165, 1.54) is 0 Å². The van der Waals surface area contributed by atoms with Crippen LogP contribution in [0.4, 0.5) is 5.69 Å². The molecule has 0 saturated heterocycles. The molecule has 0 aromatic heterocycles. The van der Waals surface area contributed by atoms with Gasteiger partial charge in [-0.15, -0.1) is 0 Å². The van der Waals surface area contributed by atoms with Gasteiger partial charge in [-0.1, -0.05) is 32.9 Å². The number of nitriles is 1. The summed E-state index contributed by atoms with van der Waals surface area (Å²) in [6.45, 7) is 5.63. The molecule has 0 saturated carbocycles. The molecule has 0 radical (unpaired) electrons. The molecule has 1 N–H and O–H groups in total. The van der Waals surface area contributed by atoms with Crippen LogP contribution in [0, 0.1) is 16.7 Å². The van der Waals surface area contributed by atoms with Gasteiger partial charge in [0.2, 0.25) is 10.0 Å². The molecule has 0 aliphatic carbocycles. The van der Waals surface area contributed by atoms with Crippen molar-refractivity contribution in [2.45, 2.75) is 27.2 Å². The van der Waals surface area contributed by atoms with Crippen LogP contribution in [0.3, 0.4) is 0 Å². The van der Waals surface area contributed by atoms with E-state index < -0.39 is 10.0 Å². The highest BCUT2D eigenvalue weighted by Crippen LogP contribution is 2.18. The summed E-state index contributed by atoms with van der Waals surface area (Å²) in [5.41, 5.74) is 1.12. The van der Waals surface area contributed by atoms with Gasteiger partial charge < -0.3 is 0 Å². The molecule has 0 bridgehead atoms. The Balaban J connectivity index is 2.76. The van der Waals surface area contributed by atoms with Crippen molar-refractivity contribution in [3.8, 4) is 6.07 Å². The number of rotatable bonds is 4. The summed E-state index contributed by atoms with van der Waals surface area (Å²) in [5, 5.41) is 8.54. The van der Waals surface area contributed by atoms with Crippen molar-refractivity contribution < 1.29 is 8.42 Å². The fraction of sp³-hybridized carbons (Fsp3) is 0.462. The molecule has 0 atom stereocenters. The van der Waals surface area contributed by atoms with Crippen LogP contribution in [0.15, 0.2) is 24.3 Å². The van der Waals surface area contributed by atoms with Crippen LogP contribution in [0.1, 0.15) is 26.3 Å². The summed E-state index contributed by atoms with van der Waals surface area (Å²) in [6, 6.07) is 8.89. The molecule has 0 spiro atoms. The second-order valence-electron chi connectivity index (χ2n) is 5.45. The molecule has 1 aromatic rings. The van der Waals surface area contributed by atoms with Gasteiger partial charge >= 0.3 is 0 Å². The Morgan fingerprint density at radius 3 is 2.22 bits per heavy atom. The summed E-state index contributed by atoms with van der Waals surface area (Å²) in [4.78, 5) is 0. The number of anilines is 1. The number of sulfonamides is 1. The van der Waals surface area contributed by atoms with Crippen LogP contribution < -0.4 is 4.72 Å². The first-order valence-electron chi connectivity index (χ1n) is 5.68. The minimum atomic E-state index is -3.33. The predicted molar refractivity (Wildman–Crippen MR) is 72.6 cm³/mol. The molecule has 18 heavy (non-hydrogen) atoms. The maximum Gasteiger partial charge on any atom is 0.233 e.